The zero-order valence-electron chi connectivity index (χ0n) is 9.21. The Kier molecular flexibility index (Phi) is 4.22. The van der Waals surface area contributed by atoms with Crippen LogP contribution in [0.3, 0.4) is 0 Å². The van der Waals surface area contributed by atoms with E-state index in [1.165, 1.54) is 16.9 Å². The van der Waals surface area contributed by atoms with Crippen molar-refractivity contribution < 1.29 is 0 Å². The molecule has 90 valence electrons. The van der Waals surface area contributed by atoms with Crippen LogP contribution in [0.4, 0.5) is 0 Å². The number of hydrazine groups is 1. The molecular weight excluding hydrogens is 320 g/mol. The summed E-state index contributed by atoms with van der Waals surface area (Å²) in [5.74, 6) is 5.65. The van der Waals surface area contributed by atoms with Crippen molar-refractivity contribution in [2.45, 2.75) is 13.0 Å². The van der Waals surface area contributed by atoms with E-state index >= 15 is 0 Å². The summed E-state index contributed by atoms with van der Waals surface area (Å²) >= 11 is 11.0. The largest absolute Gasteiger partial charge is 0.271 e. The number of rotatable bonds is 3. The van der Waals surface area contributed by atoms with Crippen molar-refractivity contribution in [2.24, 2.45) is 5.84 Å². The fourth-order valence-electron chi connectivity index (χ4n) is 1.77. The van der Waals surface area contributed by atoms with Gasteiger partial charge >= 0.3 is 0 Å². The molecule has 0 aliphatic carbocycles. The average molecular weight is 332 g/mol. The third-order valence-electron chi connectivity index (χ3n) is 2.59. The third kappa shape index (κ3) is 2.89. The van der Waals surface area contributed by atoms with E-state index in [0.717, 1.165) is 19.2 Å². The Labute approximate surface area is 118 Å². The van der Waals surface area contributed by atoms with Gasteiger partial charge in [0.1, 0.15) is 0 Å². The number of thiophene rings is 1. The van der Waals surface area contributed by atoms with Crippen LogP contribution in [0, 0.1) is 6.92 Å². The summed E-state index contributed by atoms with van der Waals surface area (Å²) in [4.78, 5) is 1.11. The van der Waals surface area contributed by atoms with E-state index in [1.807, 2.05) is 18.2 Å². The first kappa shape index (κ1) is 13.1. The molecule has 1 aromatic carbocycles. The predicted octanol–water partition coefficient (Wildman–Crippen LogP) is 4.03. The van der Waals surface area contributed by atoms with E-state index in [4.69, 9.17) is 17.4 Å². The first-order valence-electron chi connectivity index (χ1n) is 5.09. The molecule has 2 nitrogen and oxygen atoms in total. The Hall–Kier alpha value is -0.390. The first-order valence-corrected chi connectivity index (χ1v) is 7.08. The standard InChI is InChI=1S/C12H12BrClN2S/c1-7-6-8(13)2-3-9(7)12(16-15)10-4-5-11(14)17-10/h2-6,12,16H,15H2,1H3. The normalized spacial score (nSPS) is 12.7. The second-order valence-corrected chi connectivity index (χ2v) is 6.40. The van der Waals surface area contributed by atoms with Gasteiger partial charge in [-0.15, -0.1) is 11.3 Å². The Morgan fingerprint density at radius 3 is 2.65 bits per heavy atom. The minimum Gasteiger partial charge on any atom is -0.271 e. The SMILES string of the molecule is Cc1cc(Br)ccc1C(NN)c1ccc(Cl)s1. The fraction of sp³-hybridized carbons (Fsp3) is 0.167. The molecule has 5 heteroatoms. The minimum atomic E-state index is -0.0133. The summed E-state index contributed by atoms with van der Waals surface area (Å²) < 4.78 is 1.84. The monoisotopic (exact) mass is 330 g/mol. The summed E-state index contributed by atoms with van der Waals surface area (Å²) in [6.45, 7) is 2.07. The first-order chi connectivity index (χ1) is 8.11. The van der Waals surface area contributed by atoms with Gasteiger partial charge in [-0.05, 0) is 42.3 Å². The second-order valence-electron chi connectivity index (χ2n) is 3.74. The molecule has 0 fully saturated rings. The van der Waals surface area contributed by atoms with Crippen molar-refractivity contribution in [3.05, 3.63) is 55.1 Å². The molecule has 1 atom stereocenters. The van der Waals surface area contributed by atoms with Crippen LogP contribution in [0.5, 0.6) is 0 Å². The highest BCUT2D eigenvalue weighted by atomic mass is 79.9. The van der Waals surface area contributed by atoms with Crippen molar-refractivity contribution in [3.8, 4) is 0 Å². The number of aryl methyl sites for hydroxylation is 1. The number of halogens is 2. The van der Waals surface area contributed by atoms with Crippen LogP contribution in [0.25, 0.3) is 0 Å². The van der Waals surface area contributed by atoms with Crippen LogP contribution >= 0.6 is 38.9 Å². The van der Waals surface area contributed by atoms with Gasteiger partial charge in [0.2, 0.25) is 0 Å². The lowest BCUT2D eigenvalue weighted by atomic mass is 10.0. The van der Waals surface area contributed by atoms with Crippen molar-refractivity contribution in [3.63, 3.8) is 0 Å². The van der Waals surface area contributed by atoms with Gasteiger partial charge in [-0.2, -0.15) is 0 Å². The fourth-order valence-corrected chi connectivity index (χ4v) is 3.39. The van der Waals surface area contributed by atoms with Gasteiger partial charge in [-0.1, -0.05) is 33.6 Å². The summed E-state index contributed by atoms with van der Waals surface area (Å²) in [6, 6.07) is 10.0. The third-order valence-corrected chi connectivity index (χ3v) is 4.38. The molecule has 0 aliphatic rings. The highest BCUT2D eigenvalue weighted by Crippen LogP contribution is 2.32. The van der Waals surface area contributed by atoms with Gasteiger partial charge in [0.15, 0.2) is 0 Å². The Morgan fingerprint density at radius 2 is 2.12 bits per heavy atom. The Balaban J connectivity index is 2.42. The van der Waals surface area contributed by atoms with Crippen LogP contribution in [-0.2, 0) is 0 Å². The number of hydrogen-bond acceptors (Lipinski definition) is 3. The Morgan fingerprint density at radius 1 is 1.35 bits per heavy atom. The molecule has 0 aliphatic heterocycles. The summed E-state index contributed by atoms with van der Waals surface area (Å²) in [5.41, 5.74) is 5.19. The topological polar surface area (TPSA) is 38.0 Å². The molecule has 0 saturated heterocycles. The van der Waals surface area contributed by atoms with Crippen molar-refractivity contribution in [2.75, 3.05) is 0 Å². The van der Waals surface area contributed by atoms with Crippen LogP contribution in [0.2, 0.25) is 4.34 Å². The predicted molar refractivity (Wildman–Crippen MR) is 77.4 cm³/mol. The molecule has 1 aromatic heterocycles. The smallest absolute Gasteiger partial charge is 0.0931 e. The van der Waals surface area contributed by atoms with Crippen LogP contribution in [0.1, 0.15) is 22.0 Å². The lowest BCUT2D eigenvalue weighted by molar-refractivity contribution is 0.643. The van der Waals surface area contributed by atoms with Gasteiger partial charge in [0.05, 0.1) is 10.4 Å². The zero-order valence-corrected chi connectivity index (χ0v) is 12.4. The van der Waals surface area contributed by atoms with E-state index in [1.54, 1.807) is 0 Å². The van der Waals surface area contributed by atoms with Gasteiger partial charge in [-0.25, -0.2) is 5.43 Å². The molecule has 0 saturated carbocycles. The van der Waals surface area contributed by atoms with Gasteiger partial charge in [-0.3, -0.25) is 5.84 Å². The number of nitrogens with two attached hydrogens (primary N) is 1. The average Bonchev–Trinajstić information content (AvgIpc) is 2.69. The van der Waals surface area contributed by atoms with Crippen molar-refractivity contribution in [1.82, 2.24) is 5.43 Å². The highest BCUT2D eigenvalue weighted by Gasteiger charge is 2.16. The van der Waals surface area contributed by atoms with Gasteiger partial charge in [0, 0.05) is 9.35 Å². The van der Waals surface area contributed by atoms with E-state index in [0.29, 0.717) is 0 Å². The number of benzene rings is 1. The van der Waals surface area contributed by atoms with E-state index in [-0.39, 0.29) is 6.04 Å². The summed E-state index contributed by atoms with van der Waals surface area (Å²) in [7, 11) is 0. The molecule has 0 bridgehead atoms. The molecule has 3 N–H and O–H groups in total. The second kappa shape index (κ2) is 5.50. The van der Waals surface area contributed by atoms with Crippen molar-refractivity contribution >= 4 is 38.9 Å². The lowest BCUT2D eigenvalue weighted by Gasteiger charge is -2.17. The van der Waals surface area contributed by atoms with E-state index in [2.05, 4.69) is 40.4 Å². The van der Waals surface area contributed by atoms with Gasteiger partial charge < -0.3 is 0 Å². The molecular formula is C12H12BrClN2S. The van der Waals surface area contributed by atoms with Crippen LogP contribution < -0.4 is 11.3 Å². The Bertz CT molecular complexity index is 527. The maximum atomic E-state index is 5.96. The molecule has 2 aromatic rings. The zero-order chi connectivity index (χ0) is 12.4. The number of hydrogen-bond donors (Lipinski definition) is 2. The maximum absolute atomic E-state index is 5.96. The quantitative estimate of drug-likeness (QED) is 0.658. The van der Waals surface area contributed by atoms with Crippen molar-refractivity contribution in [1.29, 1.82) is 0 Å². The molecule has 1 unspecified atom stereocenters. The van der Waals surface area contributed by atoms with E-state index < -0.39 is 0 Å². The lowest BCUT2D eigenvalue weighted by Crippen LogP contribution is -2.28. The van der Waals surface area contributed by atoms with Crippen LogP contribution in [-0.4, -0.2) is 0 Å². The molecule has 1 heterocycles. The van der Waals surface area contributed by atoms with E-state index in [9.17, 15) is 0 Å². The highest BCUT2D eigenvalue weighted by molar-refractivity contribution is 9.10. The molecule has 17 heavy (non-hydrogen) atoms. The summed E-state index contributed by atoms with van der Waals surface area (Å²) in [6.07, 6.45) is 0. The molecule has 2 rings (SSSR count). The maximum Gasteiger partial charge on any atom is 0.0931 e. The van der Waals surface area contributed by atoms with Gasteiger partial charge in [0.25, 0.3) is 0 Å². The molecule has 0 amide bonds. The molecule has 0 radical (unpaired) electrons. The minimum absolute atomic E-state index is 0.0133. The van der Waals surface area contributed by atoms with Crippen LogP contribution in [0.15, 0.2) is 34.8 Å². The summed E-state index contributed by atoms with van der Waals surface area (Å²) in [5, 5.41) is 0. The number of nitrogens with one attached hydrogen (secondary N) is 1. The molecule has 0 spiro atoms.